The lowest BCUT2D eigenvalue weighted by Crippen LogP contribution is -2.26. The minimum absolute atomic E-state index is 0.196. The van der Waals surface area contributed by atoms with Gasteiger partial charge in [0.25, 0.3) is 0 Å². The highest BCUT2D eigenvalue weighted by atomic mass is 15.0. The Morgan fingerprint density at radius 3 is 0.911 bits per heavy atom. The number of aromatic nitrogens is 2. The molecule has 0 N–H and O–H groups in total. The zero-order valence-corrected chi connectivity index (χ0v) is 58.3. The fourth-order valence-electron chi connectivity index (χ4n) is 18.9. The molecule has 14 aromatic carbocycles. The fraction of sp³-hybridized carbons (Fsp3) is 0.111. The van der Waals surface area contributed by atoms with Crippen LogP contribution in [0, 0.1) is 27.7 Å². The van der Waals surface area contributed by atoms with Gasteiger partial charge in [-0.25, -0.2) is 0 Å². The van der Waals surface area contributed by atoms with Gasteiger partial charge >= 0.3 is 0 Å². The topological polar surface area (TPSA) is 9.86 Å². The number of rotatable bonds is 8. The van der Waals surface area contributed by atoms with E-state index in [1.165, 1.54) is 211 Å². The molecular weight excluding hydrogens is 1220 g/mol. The summed E-state index contributed by atoms with van der Waals surface area (Å²) in [6.45, 7) is 18.4. The van der Waals surface area contributed by atoms with Crippen molar-refractivity contribution in [2.75, 3.05) is 0 Å². The molecule has 20 rings (SSSR count). The van der Waals surface area contributed by atoms with Gasteiger partial charge in [0.1, 0.15) is 0 Å². The van der Waals surface area contributed by atoms with Gasteiger partial charge in [-0.15, -0.1) is 0 Å². The van der Waals surface area contributed by atoms with E-state index in [1.54, 1.807) is 0 Å². The van der Waals surface area contributed by atoms with Crippen molar-refractivity contribution in [3.8, 4) is 78.1 Å². The van der Waals surface area contributed by atoms with Crippen LogP contribution >= 0.6 is 0 Å². The Bertz CT molecular complexity index is 5950. The number of hydrogen-bond donors (Lipinski definition) is 0. The minimum Gasteiger partial charge on any atom is -0.309 e. The van der Waals surface area contributed by atoms with Gasteiger partial charge in [0.2, 0.25) is 0 Å². The van der Waals surface area contributed by atoms with Gasteiger partial charge in [0, 0.05) is 43.7 Å². The van der Waals surface area contributed by atoms with Gasteiger partial charge in [0.05, 0.1) is 27.5 Å². The molecule has 16 aromatic rings. The number of para-hydroxylation sites is 2. The fourth-order valence-corrected chi connectivity index (χ4v) is 18.9. The highest BCUT2D eigenvalue weighted by Crippen LogP contribution is 2.63. The summed E-state index contributed by atoms with van der Waals surface area (Å²) in [5, 5.41) is 5.09. The summed E-state index contributed by atoms with van der Waals surface area (Å²) in [6, 6.07) is 107. The molecule has 0 fully saturated rings. The summed E-state index contributed by atoms with van der Waals surface area (Å²) in [5.41, 5.74) is 42.6. The van der Waals surface area contributed by atoms with Gasteiger partial charge in [-0.05, 0) is 268 Å². The van der Waals surface area contributed by atoms with Crippen LogP contribution in [0.4, 0.5) is 0 Å². The van der Waals surface area contributed by atoms with Crippen LogP contribution in [0.5, 0.6) is 0 Å². The molecule has 4 aliphatic rings. The number of fused-ring (bicyclic) bond motifs is 22. The Morgan fingerprint density at radius 2 is 0.515 bits per heavy atom. The second-order valence-electron chi connectivity index (χ2n) is 30.4. The molecule has 1 spiro atoms. The largest absolute Gasteiger partial charge is 0.309 e. The summed E-state index contributed by atoms with van der Waals surface area (Å²) in [4.78, 5) is 0. The molecule has 101 heavy (non-hydrogen) atoms. The first-order chi connectivity index (χ1) is 49.1. The quantitative estimate of drug-likeness (QED) is 0.134. The maximum absolute atomic E-state index is 2.49. The van der Waals surface area contributed by atoms with Gasteiger partial charge in [0.15, 0.2) is 0 Å². The molecule has 0 atom stereocenters. The minimum atomic E-state index is -0.494. The lowest BCUT2D eigenvalue weighted by Gasteiger charge is -2.30. The molecule has 2 heteroatoms. The van der Waals surface area contributed by atoms with Crippen LogP contribution in [0.3, 0.4) is 0 Å². The van der Waals surface area contributed by atoms with E-state index in [9.17, 15) is 0 Å². The Labute approximate surface area is 591 Å². The van der Waals surface area contributed by atoms with Crippen LogP contribution in [0.1, 0.15) is 117 Å². The van der Waals surface area contributed by atoms with Crippen molar-refractivity contribution in [1.82, 2.24) is 9.13 Å². The maximum atomic E-state index is 2.49. The molecule has 2 aromatic heterocycles. The summed E-state index contributed by atoms with van der Waals surface area (Å²) in [7, 11) is 0. The van der Waals surface area contributed by atoms with E-state index in [0.29, 0.717) is 0 Å². The summed E-state index contributed by atoms with van der Waals surface area (Å²) >= 11 is 0. The van der Waals surface area contributed by atoms with Crippen LogP contribution in [-0.2, 0) is 16.2 Å². The molecule has 0 saturated carbocycles. The SMILES string of the molecule is Cc1cc(C)cc(-n2c3ccccc3c3cc(-c4ccc5c(c4)C(C)(C)c4cc(C=Cc6ccc7c(c6)C6(c8ccccc8-c8ccccc86)c6cc(C=Cc8ccc9c(c8)C(C)(C)c8cc(-c%10ccc%11c(c%10)c%10ccccc%10n%11-c%10cc(C)cc(C)c%10)ccc8-9)ccc6-7)ccc4-5)ccc32)c1. The van der Waals surface area contributed by atoms with Gasteiger partial charge in [-0.1, -0.05) is 246 Å². The first-order valence-corrected chi connectivity index (χ1v) is 35.8. The molecule has 0 radical (unpaired) electrons. The molecule has 4 aliphatic carbocycles. The first kappa shape index (κ1) is 59.2. The van der Waals surface area contributed by atoms with E-state index >= 15 is 0 Å². The molecule has 0 unspecified atom stereocenters. The van der Waals surface area contributed by atoms with Crippen LogP contribution in [0.25, 0.3) is 146 Å². The van der Waals surface area contributed by atoms with Crippen molar-refractivity contribution in [1.29, 1.82) is 0 Å². The summed E-state index contributed by atoms with van der Waals surface area (Å²) < 4.78 is 4.87. The zero-order valence-electron chi connectivity index (χ0n) is 58.3. The number of benzene rings is 14. The summed E-state index contributed by atoms with van der Waals surface area (Å²) in [6.07, 6.45) is 9.33. The van der Waals surface area contributed by atoms with E-state index in [-0.39, 0.29) is 10.8 Å². The van der Waals surface area contributed by atoms with Crippen molar-refractivity contribution in [2.45, 2.75) is 71.6 Å². The summed E-state index contributed by atoms with van der Waals surface area (Å²) in [5.74, 6) is 0. The van der Waals surface area contributed by atoms with Gasteiger partial charge in [-0.3, -0.25) is 0 Å². The standard InChI is InChI=1S/C99H74N2/c1-59-45-60(2)48-71(47-59)100-93-23-15-11-19-81(93)83-55-67(35-43-95(83)100)69-33-41-77-75-37-29-63(51-87(75)97(5,6)89(77)57-69)25-27-65-31-39-79-80-40-32-66(54-92(80)99(91(79)53-65)85-21-13-9-17-73(85)74-18-10-14-22-86(74)99)28-26-64-30-38-76-78-42-34-70(58-90(78)98(7,8)88(76)52-64)68-36-44-96-84(56-68)82-20-12-16-24-94(82)101(96)72-49-61(3)46-62(4)50-72/h9-58H,1-8H3. The van der Waals surface area contributed by atoms with E-state index in [4.69, 9.17) is 0 Å². The van der Waals surface area contributed by atoms with E-state index in [1.807, 2.05) is 0 Å². The van der Waals surface area contributed by atoms with Crippen molar-refractivity contribution in [2.24, 2.45) is 0 Å². The van der Waals surface area contributed by atoms with Crippen LogP contribution < -0.4 is 0 Å². The molecule has 0 aliphatic heterocycles. The maximum Gasteiger partial charge on any atom is 0.0725 e. The third-order valence-corrected chi connectivity index (χ3v) is 23.4. The molecule has 480 valence electrons. The average molecular weight is 1290 g/mol. The van der Waals surface area contributed by atoms with Gasteiger partial charge < -0.3 is 9.13 Å². The van der Waals surface area contributed by atoms with Crippen LogP contribution in [-0.4, -0.2) is 9.13 Å². The molecular formula is C99H74N2. The van der Waals surface area contributed by atoms with Crippen molar-refractivity contribution in [3.63, 3.8) is 0 Å². The van der Waals surface area contributed by atoms with E-state index in [2.05, 4.69) is 368 Å². The lowest BCUT2D eigenvalue weighted by atomic mass is 9.70. The smallest absolute Gasteiger partial charge is 0.0725 e. The predicted molar refractivity (Wildman–Crippen MR) is 427 cm³/mol. The third-order valence-electron chi connectivity index (χ3n) is 23.4. The van der Waals surface area contributed by atoms with Crippen LogP contribution in [0.2, 0.25) is 0 Å². The highest BCUT2D eigenvalue weighted by Gasteiger charge is 2.52. The third kappa shape index (κ3) is 8.71. The Kier molecular flexibility index (Phi) is 12.7. The molecule has 2 heterocycles. The van der Waals surface area contributed by atoms with Crippen molar-refractivity contribution in [3.05, 3.63) is 368 Å². The average Bonchev–Trinajstić information content (AvgIpc) is 1.50. The molecule has 0 saturated heterocycles. The first-order valence-electron chi connectivity index (χ1n) is 35.8. The van der Waals surface area contributed by atoms with Crippen molar-refractivity contribution < 1.29 is 0 Å². The second kappa shape index (κ2) is 21.6. The number of hydrogen-bond acceptors (Lipinski definition) is 0. The monoisotopic (exact) mass is 1290 g/mol. The predicted octanol–water partition coefficient (Wildman–Crippen LogP) is 25.7. The normalized spacial score (nSPS) is 14.5. The van der Waals surface area contributed by atoms with E-state index < -0.39 is 5.41 Å². The van der Waals surface area contributed by atoms with Crippen molar-refractivity contribution >= 4 is 67.9 Å². The Morgan fingerprint density at radius 1 is 0.228 bits per heavy atom. The Balaban J connectivity index is 0.601. The Hall–Kier alpha value is -11.8. The zero-order chi connectivity index (χ0) is 67.9. The second-order valence-corrected chi connectivity index (χ2v) is 30.4. The molecule has 0 bridgehead atoms. The molecule has 0 amide bonds. The van der Waals surface area contributed by atoms with Gasteiger partial charge in [-0.2, -0.15) is 0 Å². The van der Waals surface area contributed by atoms with Crippen LogP contribution in [0.15, 0.2) is 279 Å². The van der Waals surface area contributed by atoms with E-state index in [0.717, 1.165) is 0 Å². The molecule has 2 nitrogen and oxygen atoms in total. The highest BCUT2D eigenvalue weighted by molar-refractivity contribution is 6.12. The number of aryl methyl sites for hydroxylation is 4. The number of nitrogens with zero attached hydrogens (tertiary/aromatic N) is 2. The lowest BCUT2D eigenvalue weighted by molar-refractivity contribution is 0.660.